The molecule has 14 heavy (non-hydrogen) atoms. The maximum atomic E-state index is 4.19. The second-order valence-corrected chi connectivity index (χ2v) is 5.64. The number of alkyl halides is 1. The summed E-state index contributed by atoms with van der Waals surface area (Å²) >= 11 is 7.20. The Kier molecular flexibility index (Phi) is 5.17. The fourth-order valence-corrected chi connectivity index (χ4v) is 2.70. The van der Waals surface area contributed by atoms with E-state index in [1.807, 2.05) is 17.9 Å². The molecule has 0 saturated carbocycles. The summed E-state index contributed by atoms with van der Waals surface area (Å²) in [6.07, 6.45) is 6.59. The third-order valence-electron chi connectivity index (χ3n) is 2.31. The molecule has 0 aromatic carbocycles. The van der Waals surface area contributed by atoms with Crippen LogP contribution in [0.4, 0.5) is 0 Å². The highest BCUT2D eigenvalue weighted by Gasteiger charge is 2.08. The van der Waals surface area contributed by atoms with Gasteiger partial charge in [-0.1, -0.05) is 29.3 Å². The van der Waals surface area contributed by atoms with Crippen LogP contribution in [-0.4, -0.2) is 14.6 Å². The Hall–Kier alpha value is 0.170. The minimum atomic E-state index is 0.634. The number of rotatable bonds is 5. The zero-order valence-electron chi connectivity index (χ0n) is 8.63. The molecule has 0 saturated heterocycles. The van der Waals surface area contributed by atoms with Gasteiger partial charge < -0.3 is 0 Å². The molecule has 1 aromatic heterocycles. The van der Waals surface area contributed by atoms with Crippen molar-refractivity contribution >= 4 is 31.9 Å². The molecule has 2 nitrogen and oxygen atoms in total. The molecule has 0 amide bonds. The summed E-state index contributed by atoms with van der Waals surface area (Å²) in [7, 11) is 1.99. The monoisotopic (exact) mass is 322 g/mol. The van der Waals surface area contributed by atoms with E-state index in [1.54, 1.807) is 0 Å². The first-order valence-electron chi connectivity index (χ1n) is 4.95. The second kappa shape index (κ2) is 5.91. The molecule has 0 N–H and O–H groups in total. The first-order valence-corrected chi connectivity index (χ1v) is 6.66. The molecule has 0 bridgehead atoms. The molecule has 1 rings (SSSR count). The molecule has 0 spiro atoms. The molecule has 80 valence electrons. The number of aromatic nitrogens is 2. The van der Waals surface area contributed by atoms with Gasteiger partial charge in [0.05, 0.1) is 16.4 Å². The molecule has 0 aliphatic carbocycles. The van der Waals surface area contributed by atoms with Crippen LogP contribution in [0.25, 0.3) is 0 Å². The predicted molar refractivity (Wildman–Crippen MR) is 66.9 cm³/mol. The zero-order valence-corrected chi connectivity index (χ0v) is 11.8. The Bertz CT molecular complexity index is 264. The highest BCUT2D eigenvalue weighted by molar-refractivity contribution is 9.10. The Morgan fingerprint density at radius 2 is 2.21 bits per heavy atom. The highest BCUT2D eigenvalue weighted by atomic mass is 79.9. The molecule has 1 heterocycles. The first kappa shape index (κ1) is 12.2. The Balaban J connectivity index is 2.45. The molecule has 0 radical (unpaired) electrons. The average Bonchev–Trinajstić information content (AvgIpc) is 2.44. The number of hydrogen-bond acceptors (Lipinski definition) is 1. The van der Waals surface area contributed by atoms with Crippen LogP contribution in [0.1, 0.15) is 31.9 Å². The van der Waals surface area contributed by atoms with Crippen LogP contribution in [0.15, 0.2) is 10.7 Å². The molecule has 0 fully saturated rings. The lowest BCUT2D eigenvalue weighted by Crippen LogP contribution is -2.04. The lowest BCUT2D eigenvalue weighted by molar-refractivity contribution is 0.645. The molecule has 1 atom stereocenters. The third-order valence-corrected chi connectivity index (χ3v) is 3.88. The Labute approximate surface area is 102 Å². The quantitative estimate of drug-likeness (QED) is 0.756. The van der Waals surface area contributed by atoms with Crippen molar-refractivity contribution in [3.8, 4) is 0 Å². The second-order valence-electron chi connectivity index (χ2n) is 3.49. The molecular weight excluding hydrogens is 308 g/mol. The van der Waals surface area contributed by atoms with Gasteiger partial charge in [-0.2, -0.15) is 5.10 Å². The summed E-state index contributed by atoms with van der Waals surface area (Å²) in [5.41, 5.74) is 1.28. The fraction of sp³-hybridized carbons (Fsp3) is 0.700. The van der Waals surface area contributed by atoms with Crippen LogP contribution in [0.2, 0.25) is 0 Å². The first-order chi connectivity index (χ1) is 6.65. The van der Waals surface area contributed by atoms with Gasteiger partial charge in [-0.3, -0.25) is 4.68 Å². The minimum absolute atomic E-state index is 0.634. The van der Waals surface area contributed by atoms with E-state index in [0.717, 1.165) is 10.9 Å². The summed E-state index contributed by atoms with van der Waals surface area (Å²) in [4.78, 5) is 0.634. The number of hydrogen-bond donors (Lipinski definition) is 0. The van der Waals surface area contributed by atoms with E-state index in [0.29, 0.717) is 4.83 Å². The Morgan fingerprint density at radius 3 is 2.71 bits per heavy atom. The van der Waals surface area contributed by atoms with Crippen LogP contribution in [0, 0.1) is 0 Å². The van der Waals surface area contributed by atoms with Gasteiger partial charge in [-0.05, 0) is 35.2 Å². The molecule has 4 heteroatoms. The van der Waals surface area contributed by atoms with E-state index in [2.05, 4.69) is 43.9 Å². The van der Waals surface area contributed by atoms with Gasteiger partial charge in [0.15, 0.2) is 0 Å². The van der Waals surface area contributed by atoms with E-state index < -0.39 is 0 Å². The van der Waals surface area contributed by atoms with Crippen LogP contribution in [-0.2, 0) is 13.5 Å². The predicted octanol–water partition coefficient (Wildman–Crippen LogP) is 3.68. The van der Waals surface area contributed by atoms with Gasteiger partial charge in [0.1, 0.15) is 0 Å². The van der Waals surface area contributed by atoms with Crippen molar-refractivity contribution in [3.05, 3.63) is 16.4 Å². The lowest BCUT2D eigenvalue weighted by Gasteiger charge is -2.08. The van der Waals surface area contributed by atoms with Crippen LogP contribution < -0.4 is 0 Å². The standard InChI is InChI=1S/C10H16Br2N2/c1-3-4-8(11)5-6-10-9(12)7-13-14(10)2/h7-8H,3-6H2,1-2H3. The van der Waals surface area contributed by atoms with Gasteiger partial charge in [-0.25, -0.2) is 0 Å². The maximum absolute atomic E-state index is 4.19. The number of nitrogens with zero attached hydrogens (tertiary/aromatic N) is 2. The van der Waals surface area contributed by atoms with Crippen molar-refractivity contribution in [2.75, 3.05) is 0 Å². The Morgan fingerprint density at radius 1 is 1.50 bits per heavy atom. The van der Waals surface area contributed by atoms with Crippen molar-refractivity contribution in [1.29, 1.82) is 0 Å². The maximum Gasteiger partial charge on any atom is 0.0635 e. The van der Waals surface area contributed by atoms with Crippen molar-refractivity contribution in [3.63, 3.8) is 0 Å². The van der Waals surface area contributed by atoms with Gasteiger partial charge in [0.2, 0.25) is 0 Å². The summed E-state index contributed by atoms with van der Waals surface area (Å²) < 4.78 is 3.06. The normalized spacial score (nSPS) is 13.1. The van der Waals surface area contributed by atoms with E-state index in [1.165, 1.54) is 25.0 Å². The van der Waals surface area contributed by atoms with E-state index in [9.17, 15) is 0 Å². The van der Waals surface area contributed by atoms with Crippen LogP contribution in [0.3, 0.4) is 0 Å². The molecule has 0 aliphatic rings. The fourth-order valence-electron chi connectivity index (χ4n) is 1.47. The molecule has 0 aliphatic heterocycles. The summed E-state index contributed by atoms with van der Waals surface area (Å²) in [5.74, 6) is 0. The van der Waals surface area contributed by atoms with Crippen molar-refractivity contribution < 1.29 is 0 Å². The zero-order chi connectivity index (χ0) is 10.6. The van der Waals surface area contributed by atoms with E-state index >= 15 is 0 Å². The van der Waals surface area contributed by atoms with Crippen LogP contribution in [0.5, 0.6) is 0 Å². The molecule has 1 aromatic rings. The molecular formula is C10H16Br2N2. The number of halogens is 2. The smallest absolute Gasteiger partial charge is 0.0635 e. The van der Waals surface area contributed by atoms with Crippen LogP contribution >= 0.6 is 31.9 Å². The highest BCUT2D eigenvalue weighted by Crippen LogP contribution is 2.20. The average molecular weight is 324 g/mol. The van der Waals surface area contributed by atoms with Gasteiger partial charge >= 0.3 is 0 Å². The lowest BCUT2D eigenvalue weighted by atomic mass is 10.1. The number of aryl methyl sites for hydroxylation is 1. The minimum Gasteiger partial charge on any atom is -0.271 e. The van der Waals surface area contributed by atoms with E-state index in [-0.39, 0.29) is 0 Å². The van der Waals surface area contributed by atoms with Gasteiger partial charge in [-0.15, -0.1) is 0 Å². The van der Waals surface area contributed by atoms with Gasteiger partial charge in [0.25, 0.3) is 0 Å². The summed E-state index contributed by atoms with van der Waals surface area (Å²) in [5, 5.41) is 4.19. The van der Waals surface area contributed by atoms with Gasteiger partial charge in [0, 0.05) is 11.9 Å². The topological polar surface area (TPSA) is 17.8 Å². The molecule has 1 unspecified atom stereocenters. The van der Waals surface area contributed by atoms with Crippen molar-refractivity contribution in [2.24, 2.45) is 7.05 Å². The SMILES string of the molecule is CCCC(Br)CCc1c(Br)cnn1C. The summed E-state index contributed by atoms with van der Waals surface area (Å²) in [6.45, 7) is 2.22. The summed E-state index contributed by atoms with van der Waals surface area (Å²) in [6, 6.07) is 0. The van der Waals surface area contributed by atoms with E-state index in [4.69, 9.17) is 0 Å². The largest absolute Gasteiger partial charge is 0.271 e. The third kappa shape index (κ3) is 3.39. The van der Waals surface area contributed by atoms with Crippen molar-refractivity contribution in [1.82, 2.24) is 9.78 Å². The van der Waals surface area contributed by atoms with Crippen molar-refractivity contribution in [2.45, 2.75) is 37.4 Å².